The van der Waals surface area contributed by atoms with Crippen LogP contribution in [0, 0.1) is 16.7 Å². The second-order valence-electron chi connectivity index (χ2n) is 5.92. The molecule has 1 heterocycles. The summed E-state index contributed by atoms with van der Waals surface area (Å²) in [7, 11) is 0. The van der Waals surface area contributed by atoms with Gasteiger partial charge in [-0.15, -0.1) is 0 Å². The van der Waals surface area contributed by atoms with E-state index in [-0.39, 0.29) is 5.41 Å². The van der Waals surface area contributed by atoms with Crippen molar-refractivity contribution in [1.29, 1.82) is 0 Å². The minimum atomic E-state index is 0.250. The maximum Gasteiger partial charge on any atom is 0.0553 e. The first kappa shape index (κ1) is 10.1. The van der Waals surface area contributed by atoms with E-state index in [0.29, 0.717) is 12.0 Å². The van der Waals surface area contributed by atoms with Crippen molar-refractivity contribution in [2.24, 2.45) is 16.7 Å². The molecule has 0 aromatic heterocycles. The van der Waals surface area contributed by atoms with Crippen molar-refractivity contribution < 1.29 is 9.84 Å². The van der Waals surface area contributed by atoms with Gasteiger partial charge in [-0.1, -0.05) is 19.3 Å². The Labute approximate surface area is 92.0 Å². The van der Waals surface area contributed by atoms with E-state index >= 15 is 0 Å². The van der Waals surface area contributed by atoms with Crippen LogP contribution in [0.1, 0.15) is 44.9 Å². The monoisotopic (exact) mass is 210 g/mol. The first-order chi connectivity index (χ1) is 7.33. The quantitative estimate of drug-likeness (QED) is 0.775. The number of hydrogen-bond donors (Lipinski definition) is 1. The maximum atomic E-state index is 9.74. The van der Waals surface area contributed by atoms with Crippen LogP contribution in [0.2, 0.25) is 0 Å². The van der Waals surface area contributed by atoms with Crippen molar-refractivity contribution in [3.8, 4) is 0 Å². The van der Waals surface area contributed by atoms with Crippen molar-refractivity contribution in [2.45, 2.75) is 44.9 Å². The highest BCUT2D eigenvalue weighted by Crippen LogP contribution is 2.63. The summed E-state index contributed by atoms with van der Waals surface area (Å²) in [5.41, 5.74) is 0.622. The van der Waals surface area contributed by atoms with Crippen molar-refractivity contribution in [1.82, 2.24) is 0 Å². The number of ether oxygens (including phenoxy) is 1. The van der Waals surface area contributed by atoms with E-state index < -0.39 is 0 Å². The molecule has 86 valence electrons. The third-order valence-corrected chi connectivity index (χ3v) is 5.53. The molecule has 2 heteroatoms. The molecule has 0 aromatic carbocycles. The lowest BCUT2D eigenvalue weighted by atomic mass is 9.48. The van der Waals surface area contributed by atoms with Gasteiger partial charge in [0, 0.05) is 17.4 Å². The lowest BCUT2D eigenvalue weighted by Gasteiger charge is -2.62. The van der Waals surface area contributed by atoms with Crippen LogP contribution in [0.25, 0.3) is 0 Å². The van der Waals surface area contributed by atoms with E-state index in [2.05, 4.69) is 0 Å². The molecular weight excluding hydrogens is 188 g/mol. The van der Waals surface area contributed by atoms with Gasteiger partial charge in [0.15, 0.2) is 0 Å². The molecular formula is C13H22O2. The standard InChI is InChI=1S/C13H22O2/c14-8-12(6-3-7-12)13(9-15-10-13)11-4-1-2-5-11/h11,14H,1-10H2. The number of aliphatic hydroxyl groups is 1. The first-order valence-electron chi connectivity index (χ1n) is 6.52. The van der Waals surface area contributed by atoms with E-state index in [4.69, 9.17) is 4.74 Å². The zero-order valence-electron chi connectivity index (χ0n) is 9.50. The van der Waals surface area contributed by atoms with Gasteiger partial charge in [0.25, 0.3) is 0 Å². The highest BCUT2D eigenvalue weighted by atomic mass is 16.5. The molecule has 3 fully saturated rings. The number of hydrogen-bond acceptors (Lipinski definition) is 2. The lowest BCUT2D eigenvalue weighted by molar-refractivity contribution is -0.249. The van der Waals surface area contributed by atoms with Gasteiger partial charge in [0.1, 0.15) is 0 Å². The number of rotatable bonds is 3. The molecule has 2 nitrogen and oxygen atoms in total. The Morgan fingerprint density at radius 2 is 1.73 bits per heavy atom. The van der Waals surface area contributed by atoms with Crippen molar-refractivity contribution in [3.05, 3.63) is 0 Å². The zero-order valence-corrected chi connectivity index (χ0v) is 9.50. The van der Waals surface area contributed by atoms with Gasteiger partial charge in [0.05, 0.1) is 13.2 Å². The highest BCUT2D eigenvalue weighted by molar-refractivity contribution is 5.09. The molecule has 1 aliphatic heterocycles. The van der Waals surface area contributed by atoms with Crippen LogP contribution >= 0.6 is 0 Å². The van der Waals surface area contributed by atoms with E-state index in [0.717, 1.165) is 19.1 Å². The van der Waals surface area contributed by atoms with Crippen LogP contribution < -0.4 is 0 Å². The minimum absolute atomic E-state index is 0.250. The second kappa shape index (κ2) is 3.46. The van der Waals surface area contributed by atoms with Crippen molar-refractivity contribution in [3.63, 3.8) is 0 Å². The fourth-order valence-electron chi connectivity index (χ4n) is 4.19. The smallest absolute Gasteiger partial charge is 0.0553 e. The summed E-state index contributed by atoms with van der Waals surface area (Å²) in [5, 5.41) is 9.74. The molecule has 3 rings (SSSR count). The van der Waals surface area contributed by atoms with Crippen molar-refractivity contribution in [2.75, 3.05) is 19.8 Å². The summed E-state index contributed by atoms with van der Waals surface area (Å²) < 4.78 is 5.52. The van der Waals surface area contributed by atoms with Gasteiger partial charge in [0.2, 0.25) is 0 Å². The van der Waals surface area contributed by atoms with Crippen LogP contribution in [0.3, 0.4) is 0 Å². The molecule has 0 spiro atoms. The summed E-state index contributed by atoms with van der Waals surface area (Å²) in [6, 6.07) is 0. The van der Waals surface area contributed by atoms with E-state index in [1.807, 2.05) is 0 Å². The summed E-state index contributed by atoms with van der Waals surface area (Å²) in [6.07, 6.45) is 9.35. The topological polar surface area (TPSA) is 29.5 Å². The first-order valence-corrected chi connectivity index (χ1v) is 6.52. The van der Waals surface area contributed by atoms with Gasteiger partial charge in [-0.25, -0.2) is 0 Å². The molecule has 2 saturated carbocycles. The van der Waals surface area contributed by atoms with Crippen LogP contribution in [0.4, 0.5) is 0 Å². The van der Waals surface area contributed by atoms with E-state index in [1.54, 1.807) is 0 Å². The summed E-state index contributed by atoms with van der Waals surface area (Å²) in [4.78, 5) is 0. The van der Waals surface area contributed by atoms with E-state index in [1.165, 1.54) is 44.9 Å². The summed E-state index contributed by atoms with van der Waals surface area (Å²) in [5.74, 6) is 0.846. The Kier molecular flexibility index (Phi) is 2.33. The lowest BCUT2D eigenvalue weighted by Crippen LogP contribution is -2.63. The molecule has 0 amide bonds. The molecule has 0 aromatic rings. The maximum absolute atomic E-state index is 9.74. The second-order valence-corrected chi connectivity index (χ2v) is 5.92. The van der Waals surface area contributed by atoms with Crippen molar-refractivity contribution >= 4 is 0 Å². The van der Waals surface area contributed by atoms with Crippen LogP contribution in [0.15, 0.2) is 0 Å². The molecule has 2 aliphatic carbocycles. The minimum Gasteiger partial charge on any atom is -0.396 e. The summed E-state index contributed by atoms with van der Waals surface area (Å²) >= 11 is 0. The molecule has 0 atom stereocenters. The van der Waals surface area contributed by atoms with Crippen LogP contribution in [-0.2, 0) is 4.74 Å². The van der Waals surface area contributed by atoms with E-state index in [9.17, 15) is 5.11 Å². The third-order valence-electron chi connectivity index (χ3n) is 5.53. The van der Waals surface area contributed by atoms with Gasteiger partial charge in [-0.05, 0) is 31.6 Å². The molecule has 3 aliphatic rings. The Bertz CT molecular complexity index is 229. The Balaban J connectivity index is 1.84. The molecule has 0 bridgehead atoms. The predicted molar refractivity (Wildman–Crippen MR) is 58.6 cm³/mol. The average molecular weight is 210 g/mol. The molecule has 1 N–H and O–H groups in total. The Morgan fingerprint density at radius 1 is 1.07 bits per heavy atom. The highest BCUT2D eigenvalue weighted by Gasteiger charge is 2.61. The predicted octanol–water partition coefficient (Wildman–Crippen LogP) is 2.36. The molecule has 1 saturated heterocycles. The summed E-state index contributed by atoms with van der Waals surface area (Å²) in [6.45, 7) is 2.25. The Hall–Kier alpha value is -0.0800. The Morgan fingerprint density at radius 3 is 2.07 bits per heavy atom. The van der Waals surface area contributed by atoms with Gasteiger partial charge in [-0.2, -0.15) is 0 Å². The van der Waals surface area contributed by atoms with Gasteiger partial charge >= 0.3 is 0 Å². The normalized spacial score (nSPS) is 33.4. The molecule has 0 unspecified atom stereocenters. The number of aliphatic hydroxyl groups excluding tert-OH is 1. The zero-order chi connectivity index (χ0) is 10.4. The SMILES string of the molecule is OCC1(C2(C3CCCC3)COC2)CCC1. The fourth-order valence-corrected chi connectivity index (χ4v) is 4.19. The largest absolute Gasteiger partial charge is 0.396 e. The fraction of sp³-hybridized carbons (Fsp3) is 1.00. The van der Waals surface area contributed by atoms with Gasteiger partial charge in [-0.3, -0.25) is 0 Å². The van der Waals surface area contributed by atoms with Gasteiger partial charge < -0.3 is 9.84 Å². The molecule has 0 radical (unpaired) electrons. The molecule has 15 heavy (non-hydrogen) atoms. The third kappa shape index (κ3) is 1.18. The average Bonchev–Trinajstić information content (AvgIpc) is 2.60. The van der Waals surface area contributed by atoms with Crippen LogP contribution in [-0.4, -0.2) is 24.9 Å². The van der Waals surface area contributed by atoms with Crippen LogP contribution in [0.5, 0.6) is 0 Å².